The second-order valence-electron chi connectivity index (χ2n) is 3.70. The molecule has 2 rings (SSSR count). The highest BCUT2D eigenvalue weighted by Crippen LogP contribution is 2.16. The van der Waals surface area contributed by atoms with Crippen molar-refractivity contribution in [3.63, 3.8) is 0 Å². The summed E-state index contributed by atoms with van der Waals surface area (Å²) in [7, 11) is 0. The third-order valence-corrected chi connectivity index (χ3v) is 2.62. The summed E-state index contributed by atoms with van der Waals surface area (Å²) in [5.41, 5.74) is 1.46. The van der Waals surface area contributed by atoms with Crippen molar-refractivity contribution in [1.29, 1.82) is 0 Å². The molecule has 88 valence electrons. The molecule has 1 aromatic carbocycles. The molecule has 0 aliphatic carbocycles. The molecule has 1 N–H and O–H groups in total. The van der Waals surface area contributed by atoms with Gasteiger partial charge in [-0.15, -0.1) is 0 Å². The molecule has 0 atom stereocenters. The predicted molar refractivity (Wildman–Crippen MR) is 64.7 cm³/mol. The van der Waals surface area contributed by atoms with Gasteiger partial charge in [0.05, 0.1) is 12.1 Å². The molecule has 0 radical (unpaired) electrons. The molecule has 1 aromatic heterocycles. The summed E-state index contributed by atoms with van der Waals surface area (Å²) in [4.78, 5) is 14.8. The van der Waals surface area contributed by atoms with Crippen molar-refractivity contribution >= 4 is 17.6 Å². The average Bonchev–Trinajstić information content (AvgIpc) is 2.59. The Morgan fingerprint density at radius 3 is 2.65 bits per heavy atom. The van der Waals surface area contributed by atoms with Gasteiger partial charge < -0.3 is 9.67 Å². The van der Waals surface area contributed by atoms with Crippen molar-refractivity contribution in [3.8, 4) is 5.69 Å². The third-order valence-electron chi connectivity index (χ3n) is 2.37. The zero-order valence-corrected chi connectivity index (χ0v) is 9.98. The van der Waals surface area contributed by atoms with Gasteiger partial charge in [-0.1, -0.05) is 11.6 Å². The normalized spacial score (nSPS) is 10.5. The van der Waals surface area contributed by atoms with Crippen LogP contribution in [-0.4, -0.2) is 20.6 Å². The van der Waals surface area contributed by atoms with E-state index >= 15 is 0 Å². The Balaban J connectivity index is 2.35. The second-order valence-corrected chi connectivity index (χ2v) is 4.13. The molecule has 4 nitrogen and oxygen atoms in total. The maximum Gasteiger partial charge on any atom is 0.309 e. The molecule has 0 saturated carbocycles. The molecule has 0 unspecified atom stereocenters. The lowest BCUT2D eigenvalue weighted by Crippen LogP contribution is -1.99. The number of aryl methyl sites for hydroxylation is 1. The van der Waals surface area contributed by atoms with Gasteiger partial charge in [0.15, 0.2) is 0 Å². The lowest BCUT2D eigenvalue weighted by atomic mass is 10.3. The molecular formula is C12H11ClN2O2. The molecule has 0 fully saturated rings. The first-order chi connectivity index (χ1) is 8.06. The number of benzene rings is 1. The molecule has 0 spiro atoms. The number of hydrogen-bond acceptors (Lipinski definition) is 2. The number of hydrogen-bond donors (Lipinski definition) is 1. The van der Waals surface area contributed by atoms with Crippen LogP contribution in [0.3, 0.4) is 0 Å². The van der Waals surface area contributed by atoms with Crippen molar-refractivity contribution in [1.82, 2.24) is 9.55 Å². The number of carboxylic acids is 1. The molecule has 17 heavy (non-hydrogen) atoms. The molecule has 1 heterocycles. The van der Waals surface area contributed by atoms with Crippen LogP contribution >= 0.6 is 11.6 Å². The zero-order valence-electron chi connectivity index (χ0n) is 9.22. The van der Waals surface area contributed by atoms with Crippen molar-refractivity contribution in [2.24, 2.45) is 0 Å². The van der Waals surface area contributed by atoms with E-state index in [-0.39, 0.29) is 6.42 Å². The van der Waals surface area contributed by atoms with Gasteiger partial charge in [0.2, 0.25) is 0 Å². The summed E-state index contributed by atoms with van der Waals surface area (Å²) in [6, 6.07) is 7.30. The number of nitrogens with zero attached hydrogens (tertiary/aromatic N) is 2. The van der Waals surface area contributed by atoms with E-state index in [1.54, 1.807) is 18.3 Å². The fraction of sp³-hybridized carbons (Fsp3) is 0.167. The lowest BCUT2D eigenvalue weighted by molar-refractivity contribution is -0.136. The first-order valence-corrected chi connectivity index (χ1v) is 5.46. The van der Waals surface area contributed by atoms with E-state index in [1.807, 2.05) is 23.6 Å². The van der Waals surface area contributed by atoms with Gasteiger partial charge in [-0.3, -0.25) is 4.79 Å². The van der Waals surface area contributed by atoms with E-state index in [0.29, 0.717) is 10.7 Å². The Hall–Kier alpha value is -1.81. The van der Waals surface area contributed by atoms with E-state index in [2.05, 4.69) is 4.98 Å². The molecule has 0 aliphatic heterocycles. The SMILES string of the molecule is Cc1nc(CC(=O)O)cn1-c1ccc(Cl)cc1. The van der Waals surface area contributed by atoms with Gasteiger partial charge in [0, 0.05) is 16.9 Å². The zero-order chi connectivity index (χ0) is 12.4. The number of carbonyl (C=O) groups is 1. The van der Waals surface area contributed by atoms with Crippen LogP contribution in [0.2, 0.25) is 5.02 Å². The minimum Gasteiger partial charge on any atom is -0.481 e. The Morgan fingerprint density at radius 1 is 1.41 bits per heavy atom. The topological polar surface area (TPSA) is 55.1 Å². The summed E-state index contributed by atoms with van der Waals surface area (Å²) >= 11 is 5.81. The van der Waals surface area contributed by atoms with Gasteiger partial charge in [0.1, 0.15) is 5.82 Å². The molecule has 0 saturated heterocycles. The highest BCUT2D eigenvalue weighted by molar-refractivity contribution is 6.30. The van der Waals surface area contributed by atoms with Gasteiger partial charge in [0.25, 0.3) is 0 Å². The number of imidazole rings is 1. The van der Waals surface area contributed by atoms with Crippen molar-refractivity contribution in [2.75, 3.05) is 0 Å². The monoisotopic (exact) mass is 250 g/mol. The number of halogens is 1. The lowest BCUT2D eigenvalue weighted by Gasteiger charge is -2.03. The molecule has 0 amide bonds. The first kappa shape index (κ1) is 11.7. The molecular weight excluding hydrogens is 240 g/mol. The average molecular weight is 251 g/mol. The Bertz CT molecular complexity index is 546. The number of carboxylic acid groups (broad SMARTS) is 1. The summed E-state index contributed by atoms with van der Waals surface area (Å²) in [6.45, 7) is 1.83. The van der Waals surface area contributed by atoms with E-state index in [4.69, 9.17) is 16.7 Å². The van der Waals surface area contributed by atoms with Crippen LogP contribution < -0.4 is 0 Å². The largest absolute Gasteiger partial charge is 0.481 e. The van der Waals surface area contributed by atoms with Gasteiger partial charge in [-0.25, -0.2) is 4.98 Å². The summed E-state index contributed by atoms with van der Waals surface area (Å²) in [5, 5.41) is 9.37. The van der Waals surface area contributed by atoms with Gasteiger partial charge in [-0.2, -0.15) is 0 Å². The highest BCUT2D eigenvalue weighted by Gasteiger charge is 2.08. The van der Waals surface area contributed by atoms with E-state index in [0.717, 1.165) is 11.5 Å². The predicted octanol–water partition coefficient (Wildman–Crippen LogP) is 2.46. The van der Waals surface area contributed by atoms with E-state index in [1.165, 1.54) is 0 Å². The van der Waals surface area contributed by atoms with Crippen LogP contribution in [-0.2, 0) is 11.2 Å². The van der Waals surface area contributed by atoms with Gasteiger partial charge >= 0.3 is 5.97 Å². The molecule has 5 heteroatoms. The van der Waals surface area contributed by atoms with Crippen molar-refractivity contribution in [2.45, 2.75) is 13.3 Å². The maximum atomic E-state index is 10.6. The maximum absolute atomic E-state index is 10.6. The smallest absolute Gasteiger partial charge is 0.309 e. The van der Waals surface area contributed by atoms with Crippen molar-refractivity contribution < 1.29 is 9.90 Å². The van der Waals surface area contributed by atoms with Gasteiger partial charge in [-0.05, 0) is 31.2 Å². The highest BCUT2D eigenvalue weighted by atomic mass is 35.5. The van der Waals surface area contributed by atoms with Crippen LogP contribution in [0.15, 0.2) is 30.5 Å². The quantitative estimate of drug-likeness (QED) is 0.910. The van der Waals surface area contributed by atoms with Crippen LogP contribution in [0.4, 0.5) is 0 Å². The summed E-state index contributed by atoms with van der Waals surface area (Å²) in [6.07, 6.45) is 1.66. The minimum absolute atomic E-state index is 0.0680. The number of aliphatic carboxylic acids is 1. The first-order valence-electron chi connectivity index (χ1n) is 5.09. The Morgan fingerprint density at radius 2 is 2.06 bits per heavy atom. The Labute approximate surface area is 103 Å². The third kappa shape index (κ3) is 2.65. The fourth-order valence-corrected chi connectivity index (χ4v) is 1.76. The summed E-state index contributed by atoms with van der Waals surface area (Å²) in [5.74, 6) is -0.130. The standard InChI is InChI=1S/C12H11ClN2O2/c1-8-14-10(6-12(16)17)7-15(8)11-4-2-9(13)3-5-11/h2-5,7H,6H2,1H3,(H,16,17). The Kier molecular flexibility index (Phi) is 3.15. The van der Waals surface area contributed by atoms with Crippen LogP contribution in [0.1, 0.15) is 11.5 Å². The number of aromatic nitrogens is 2. The van der Waals surface area contributed by atoms with Crippen LogP contribution in [0.5, 0.6) is 0 Å². The van der Waals surface area contributed by atoms with Crippen molar-refractivity contribution in [3.05, 3.63) is 47.0 Å². The molecule has 0 bridgehead atoms. The second kappa shape index (κ2) is 4.59. The molecule has 2 aromatic rings. The van der Waals surface area contributed by atoms with Crippen LogP contribution in [0, 0.1) is 6.92 Å². The van der Waals surface area contributed by atoms with E-state index in [9.17, 15) is 4.79 Å². The van der Waals surface area contributed by atoms with E-state index < -0.39 is 5.97 Å². The summed E-state index contributed by atoms with van der Waals surface area (Å²) < 4.78 is 1.84. The number of rotatable bonds is 3. The molecule has 0 aliphatic rings. The van der Waals surface area contributed by atoms with Crippen LogP contribution in [0.25, 0.3) is 5.69 Å². The minimum atomic E-state index is -0.884. The fourth-order valence-electron chi connectivity index (χ4n) is 1.64.